The molecular weight excluding hydrogens is 439 g/mol. The monoisotopic (exact) mass is 462 g/mol. The Morgan fingerprint density at radius 2 is 1.84 bits per heavy atom. The highest BCUT2D eigenvalue weighted by atomic mass is 32.2. The van der Waals surface area contributed by atoms with E-state index in [1.54, 1.807) is 36.9 Å². The van der Waals surface area contributed by atoms with E-state index >= 15 is 0 Å². The van der Waals surface area contributed by atoms with E-state index in [0.29, 0.717) is 42.2 Å². The molecule has 3 aromatic rings. The van der Waals surface area contributed by atoms with Gasteiger partial charge in [-0.3, -0.25) is 4.79 Å². The van der Waals surface area contributed by atoms with Gasteiger partial charge in [-0.05, 0) is 50.2 Å². The summed E-state index contributed by atoms with van der Waals surface area (Å²) >= 11 is 1.31. The molecule has 0 saturated carbocycles. The van der Waals surface area contributed by atoms with Gasteiger partial charge in [-0.25, -0.2) is 12.8 Å². The zero-order chi connectivity index (χ0) is 22.2. The number of hydrogen-bond acceptors (Lipinski definition) is 6. The Morgan fingerprint density at radius 1 is 1.16 bits per heavy atom. The Kier molecular flexibility index (Phi) is 5.98. The van der Waals surface area contributed by atoms with Crippen molar-refractivity contribution >= 4 is 37.3 Å². The van der Waals surface area contributed by atoms with Crippen LogP contribution < -0.4 is 4.74 Å². The summed E-state index contributed by atoms with van der Waals surface area (Å²) in [6.07, 6.45) is 1.19. The molecule has 1 saturated heterocycles. The fourth-order valence-corrected chi connectivity index (χ4v) is 5.46. The topological polar surface area (TPSA) is 76.6 Å². The van der Waals surface area contributed by atoms with Gasteiger partial charge in [0.1, 0.15) is 17.4 Å². The van der Waals surface area contributed by atoms with Gasteiger partial charge in [0, 0.05) is 31.5 Å². The predicted octanol–water partition coefficient (Wildman–Crippen LogP) is 4.30. The van der Waals surface area contributed by atoms with E-state index in [9.17, 15) is 17.6 Å². The van der Waals surface area contributed by atoms with E-state index in [4.69, 9.17) is 4.74 Å². The Balaban J connectivity index is 1.37. The van der Waals surface area contributed by atoms with E-state index in [0.717, 1.165) is 4.70 Å². The highest BCUT2D eigenvalue weighted by molar-refractivity contribution is 7.92. The van der Waals surface area contributed by atoms with E-state index < -0.39 is 15.1 Å². The first kappa shape index (κ1) is 21.7. The number of nitrogens with zero attached hydrogens (tertiary/aromatic N) is 2. The lowest BCUT2D eigenvalue weighted by molar-refractivity contribution is 0.0595. The second kappa shape index (κ2) is 8.55. The van der Waals surface area contributed by atoms with Crippen LogP contribution in [0.5, 0.6) is 5.19 Å². The number of likely N-dealkylation sites (tertiary alicyclic amines) is 1. The van der Waals surface area contributed by atoms with Crippen LogP contribution in [0.3, 0.4) is 0 Å². The van der Waals surface area contributed by atoms with Gasteiger partial charge in [0.05, 0.1) is 14.8 Å². The lowest BCUT2D eigenvalue weighted by atomic mass is 10.1. The normalized spacial score (nSPS) is 15.5. The number of amides is 1. The number of aromatic nitrogens is 1. The molecule has 2 heterocycles. The number of piperidine rings is 1. The van der Waals surface area contributed by atoms with Gasteiger partial charge < -0.3 is 9.64 Å². The summed E-state index contributed by atoms with van der Waals surface area (Å²) < 4.78 is 45.0. The van der Waals surface area contributed by atoms with Crippen molar-refractivity contribution in [3.8, 4) is 5.19 Å². The molecule has 9 heteroatoms. The van der Waals surface area contributed by atoms with Gasteiger partial charge in [0.25, 0.3) is 11.1 Å². The zero-order valence-electron chi connectivity index (χ0n) is 17.2. The summed E-state index contributed by atoms with van der Waals surface area (Å²) in [6, 6.07) is 10.9. The quantitative estimate of drug-likeness (QED) is 0.565. The van der Waals surface area contributed by atoms with Crippen LogP contribution in [0.4, 0.5) is 4.39 Å². The third-order valence-corrected chi connectivity index (χ3v) is 8.48. The molecular formula is C22H23FN2O4S2. The standard InChI is InChI=1S/C22H23FN2O4S2/c1-14(2)31(27,28)17-8-6-15(7-9-17)21(26)25-12-10-16(11-13-25)29-22-24-20-18(23)4-3-5-19(20)30-22/h3-9,14,16H,10-13H2,1-2H3. The van der Waals surface area contributed by atoms with Crippen molar-refractivity contribution in [3.05, 3.63) is 53.8 Å². The first-order valence-electron chi connectivity index (χ1n) is 10.1. The van der Waals surface area contributed by atoms with E-state index in [2.05, 4.69) is 4.98 Å². The molecule has 0 atom stereocenters. The minimum Gasteiger partial charge on any atom is -0.467 e. The molecule has 0 bridgehead atoms. The number of benzene rings is 2. The number of carbonyl (C=O) groups excluding carboxylic acids is 1. The molecule has 0 aliphatic carbocycles. The van der Waals surface area contributed by atoms with E-state index in [-0.39, 0.29) is 22.7 Å². The largest absolute Gasteiger partial charge is 0.467 e. The highest BCUT2D eigenvalue weighted by Crippen LogP contribution is 2.31. The van der Waals surface area contributed by atoms with E-state index in [1.807, 2.05) is 6.07 Å². The molecule has 4 rings (SSSR count). The second-order valence-corrected chi connectivity index (χ2v) is 11.3. The van der Waals surface area contributed by atoms with Crippen molar-refractivity contribution in [2.24, 2.45) is 0 Å². The van der Waals surface area contributed by atoms with Crippen LogP contribution in [0.15, 0.2) is 47.4 Å². The van der Waals surface area contributed by atoms with Crippen molar-refractivity contribution in [2.45, 2.75) is 42.9 Å². The average molecular weight is 463 g/mol. The van der Waals surface area contributed by atoms with Gasteiger partial charge in [-0.15, -0.1) is 0 Å². The number of halogens is 1. The summed E-state index contributed by atoms with van der Waals surface area (Å²) in [6.45, 7) is 4.31. The maximum absolute atomic E-state index is 13.8. The molecule has 1 aromatic heterocycles. The highest BCUT2D eigenvalue weighted by Gasteiger charge is 2.26. The molecule has 6 nitrogen and oxygen atoms in total. The maximum Gasteiger partial charge on any atom is 0.274 e. The zero-order valence-corrected chi connectivity index (χ0v) is 18.9. The molecule has 0 spiro atoms. The molecule has 164 valence electrons. The minimum atomic E-state index is -3.36. The van der Waals surface area contributed by atoms with Crippen molar-refractivity contribution in [1.82, 2.24) is 9.88 Å². The van der Waals surface area contributed by atoms with Crippen LogP contribution in [0.25, 0.3) is 10.2 Å². The smallest absolute Gasteiger partial charge is 0.274 e. The number of rotatable bonds is 5. The summed E-state index contributed by atoms with van der Waals surface area (Å²) in [5, 5.41) is -0.0770. The van der Waals surface area contributed by atoms with Crippen LogP contribution in [-0.2, 0) is 9.84 Å². The van der Waals surface area contributed by atoms with Crippen molar-refractivity contribution in [3.63, 3.8) is 0 Å². The first-order valence-corrected chi connectivity index (χ1v) is 12.5. The van der Waals surface area contributed by atoms with Gasteiger partial charge in [0.2, 0.25) is 0 Å². The molecule has 0 unspecified atom stereocenters. The minimum absolute atomic E-state index is 0.0914. The average Bonchev–Trinajstić information content (AvgIpc) is 3.17. The number of hydrogen-bond donors (Lipinski definition) is 0. The Morgan fingerprint density at radius 3 is 2.45 bits per heavy atom. The molecule has 1 amide bonds. The van der Waals surface area contributed by atoms with Crippen LogP contribution in [-0.4, -0.2) is 48.7 Å². The lowest BCUT2D eigenvalue weighted by Crippen LogP contribution is -2.41. The van der Waals surface area contributed by atoms with Crippen LogP contribution in [0.1, 0.15) is 37.0 Å². The third-order valence-electron chi connectivity index (χ3n) is 5.40. The number of para-hydroxylation sites is 1. The SMILES string of the molecule is CC(C)S(=O)(=O)c1ccc(C(=O)N2CCC(Oc3nc4c(F)cccc4s3)CC2)cc1. The molecule has 2 aromatic carbocycles. The summed E-state index contributed by atoms with van der Waals surface area (Å²) in [7, 11) is -3.36. The Labute approximate surface area is 184 Å². The lowest BCUT2D eigenvalue weighted by Gasteiger charge is -2.31. The van der Waals surface area contributed by atoms with Gasteiger partial charge in [-0.1, -0.05) is 17.4 Å². The second-order valence-electron chi connectivity index (χ2n) is 7.79. The summed E-state index contributed by atoms with van der Waals surface area (Å²) in [5.74, 6) is -0.495. The molecule has 0 N–H and O–H groups in total. The van der Waals surface area contributed by atoms with Gasteiger partial charge in [0.15, 0.2) is 9.84 Å². The molecule has 1 aliphatic heterocycles. The summed E-state index contributed by atoms with van der Waals surface area (Å²) in [4.78, 5) is 19.0. The predicted molar refractivity (Wildman–Crippen MR) is 118 cm³/mol. The van der Waals surface area contributed by atoms with Crippen molar-refractivity contribution in [2.75, 3.05) is 13.1 Å². The van der Waals surface area contributed by atoms with E-state index in [1.165, 1.54) is 29.5 Å². The first-order chi connectivity index (χ1) is 14.8. The number of carbonyl (C=O) groups is 1. The number of fused-ring (bicyclic) bond motifs is 1. The van der Waals surface area contributed by atoms with Crippen molar-refractivity contribution in [1.29, 1.82) is 0 Å². The fourth-order valence-electron chi connectivity index (χ4n) is 3.51. The molecule has 1 aliphatic rings. The molecule has 31 heavy (non-hydrogen) atoms. The Hall–Kier alpha value is -2.52. The number of thiazole rings is 1. The summed E-state index contributed by atoms with van der Waals surface area (Å²) in [5.41, 5.74) is 0.779. The van der Waals surface area contributed by atoms with Crippen LogP contribution in [0, 0.1) is 5.82 Å². The van der Waals surface area contributed by atoms with Crippen LogP contribution in [0.2, 0.25) is 0 Å². The molecule has 0 radical (unpaired) electrons. The number of sulfone groups is 1. The van der Waals surface area contributed by atoms with Gasteiger partial charge >= 0.3 is 0 Å². The molecule has 1 fully saturated rings. The number of ether oxygens (including phenoxy) is 1. The fraction of sp³-hybridized carbons (Fsp3) is 0.364. The van der Waals surface area contributed by atoms with Crippen molar-refractivity contribution < 1.29 is 22.3 Å². The maximum atomic E-state index is 13.8. The van der Waals surface area contributed by atoms with Crippen LogP contribution >= 0.6 is 11.3 Å². The Bertz CT molecular complexity index is 1200. The van der Waals surface area contributed by atoms with Gasteiger partial charge in [-0.2, -0.15) is 4.98 Å². The third kappa shape index (κ3) is 4.43.